The van der Waals surface area contributed by atoms with Crippen molar-refractivity contribution in [1.82, 2.24) is 10.2 Å². The van der Waals surface area contributed by atoms with Gasteiger partial charge in [0.05, 0.1) is 11.5 Å². The van der Waals surface area contributed by atoms with Crippen LogP contribution in [0.4, 0.5) is 0 Å². The van der Waals surface area contributed by atoms with Gasteiger partial charge in [0, 0.05) is 18.7 Å². The first kappa shape index (κ1) is 19.7. The molecule has 2 amide bonds. The molecule has 4 rings (SSSR count). The van der Waals surface area contributed by atoms with E-state index < -0.39 is 5.54 Å². The van der Waals surface area contributed by atoms with Crippen molar-refractivity contribution in [3.8, 4) is 0 Å². The number of amides is 2. The number of carbonyl (C=O) groups excluding carboxylic acids is 2. The largest absolute Gasteiger partial charge is 0.355 e. The molecule has 1 N–H and O–H groups in total. The molecule has 1 aliphatic heterocycles. The SMILES string of the molecule is CCCCNC(=O)C1c2ccccc2C(=O)N(Cc2ccccc2)C12CCCC2. The van der Waals surface area contributed by atoms with E-state index in [0.717, 1.165) is 49.7 Å². The van der Waals surface area contributed by atoms with E-state index >= 15 is 0 Å². The second-order valence-corrected chi connectivity index (χ2v) is 8.35. The second kappa shape index (κ2) is 8.40. The fourth-order valence-corrected chi connectivity index (χ4v) is 5.15. The van der Waals surface area contributed by atoms with Gasteiger partial charge >= 0.3 is 0 Å². The highest BCUT2D eigenvalue weighted by molar-refractivity contribution is 6.02. The van der Waals surface area contributed by atoms with E-state index in [-0.39, 0.29) is 17.7 Å². The van der Waals surface area contributed by atoms with E-state index in [2.05, 4.69) is 24.4 Å². The third kappa shape index (κ3) is 3.57. The van der Waals surface area contributed by atoms with Gasteiger partial charge in [-0.05, 0) is 36.5 Å². The van der Waals surface area contributed by atoms with Crippen LogP contribution in [-0.2, 0) is 11.3 Å². The molecular weight excluding hydrogens is 360 g/mol. The molecule has 0 saturated heterocycles. The Balaban J connectivity index is 1.78. The van der Waals surface area contributed by atoms with Crippen molar-refractivity contribution in [2.24, 2.45) is 0 Å². The highest BCUT2D eigenvalue weighted by atomic mass is 16.2. The molecule has 2 aromatic carbocycles. The Labute approximate surface area is 173 Å². The second-order valence-electron chi connectivity index (χ2n) is 8.35. The van der Waals surface area contributed by atoms with Gasteiger partial charge in [0.25, 0.3) is 5.91 Å². The summed E-state index contributed by atoms with van der Waals surface area (Å²) in [5.74, 6) is -0.179. The van der Waals surface area contributed by atoms with Gasteiger partial charge in [-0.3, -0.25) is 9.59 Å². The van der Waals surface area contributed by atoms with Gasteiger partial charge in [-0.25, -0.2) is 0 Å². The molecule has 0 radical (unpaired) electrons. The summed E-state index contributed by atoms with van der Waals surface area (Å²) < 4.78 is 0. The molecule has 1 aliphatic carbocycles. The van der Waals surface area contributed by atoms with Gasteiger partial charge in [0.1, 0.15) is 0 Å². The summed E-state index contributed by atoms with van der Waals surface area (Å²) in [4.78, 5) is 29.1. The number of rotatable bonds is 6. The first-order valence-corrected chi connectivity index (χ1v) is 10.9. The van der Waals surface area contributed by atoms with Crippen LogP contribution in [0, 0.1) is 0 Å². The Kier molecular flexibility index (Phi) is 5.70. The zero-order chi connectivity index (χ0) is 20.3. The quantitative estimate of drug-likeness (QED) is 0.730. The van der Waals surface area contributed by atoms with Gasteiger partial charge in [-0.2, -0.15) is 0 Å². The van der Waals surface area contributed by atoms with E-state index in [1.165, 1.54) is 0 Å². The first-order chi connectivity index (χ1) is 14.2. The number of unbranched alkanes of at least 4 members (excludes halogenated alkanes) is 1. The first-order valence-electron chi connectivity index (χ1n) is 10.9. The number of nitrogens with zero attached hydrogens (tertiary/aromatic N) is 1. The van der Waals surface area contributed by atoms with Gasteiger partial charge in [0.2, 0.25) is 5.91 Å². The Morgan fingerprint density at radius 2 is 1.76 bits per heavy atom. The predicted molar refractivity (Wildman–Crippen MR) is 115 cm³/mol. The van der Waals surface area contributed by atoms with E-state index in [4.69, 9.17) is 0 Å². The number of benzene rings is 2. The average molecular weight is 391 g/mol. The Hall–Kier alpha value is -2.62. The number of carbonyl (C=O) groups is 2. The van der Waals surface area contributed by atoms with Gasteiger partial charge in [-0.15, -0.1) is 0 Å². The zero-order valence-corrected chi connectivity index (χ0v) is 17.2. The molecule has 1 heterocycles. The third-order valence-corrected chi connectivity index (χ3v) is 6.57. The Morgan fingerprint density at radius 1 is 1.07 bits per heavy atom. The number of hydrogen-bond donors (Lipinski definition) is 1. The zero-order valence-electron chi connectivity index (χ0n) is 17.2. The predicted octanol–water partition coefficient (Wildman–Crippen LogP) is 4.66. The molecule has 4 heteroatoms. The van der Waals surface area contributed by atoms with Crippen LogP contribution in [0.2, 0.25) is 0 Å². The molecule has 1 fully saturated rings. The minimum Gasteiger partial charge on any atom is -0.355 e. The normalized spacial score (nSPS) is 20.0. The molecule has 0 aromatic heterocycles. The van der Waals surface area contributed by atoms with Gasteiger partial charge in [-0.1, -0.05) is 74.7 Å². The summed E-state index contributed by atoms with van der Waals surface area (Å²) in [5, 5.41) is 3.17. The maximum atomic E-state index is 13.6. The topological polar surface area (TPSA) is 49.4 Å². The smallest absolute Gasteiger partial charge is 0.254 e. The van der Waals surface area contributed by atoms with Crippen LogP contribution in [0.5, 0.6) is 0 Å². The van der Waals surface area contributed by atoms with Crippen molar-refractivity contribution < 1.29 is 9.59 Å². The molecule has 0 bridgehead atoms. The van der Waals surface area contributed by atoms with Crippen LogP contribution in [0.15, 0.2) is 54.6 Å². The fourth-order valence-electron chi connectivity index (χ4n) is 5.15. The van der Waals surface area contributed by atoms with Crippen LogP contribution < -0.4 is 5.32 Å². The van der Waals surface area contributed by atoms with Crippen LogP contribution in [0.25, 0.3) is 0 Å². The molecular formula is C25H30N2O2. The van der Waals surface area contributed by atoms with E-state index in [1.807, 2.05) is 47.4 Å². The van der Waals surface area contributed by atoms with Crippen molar-refractivity contribution in [3.63, 3.8) is 0 Å². The molecule has 2 aromatic rings. The summed E-state index contributed by atoms with van der Waals surface area (Å²) in [6.45, 7) is 3.37. The standard InChI is InChI=1S/C25H30N2O2/c1-2-3-17-26-23(28)22-20-13-7-8-14-21(20)24(29)27(25(22)15-9-10-16-25)18-19-11-5-4-6-12-19/h4-8,11-14,22H,2-3,9-10,15-18H2,1H3,(H,26,28). The molecule has 1 atom stereocenters. The van der Waals surface area contributed by atoms with Crippen LogP contribution in [0.1, 0.15) is 72.9 Å². The lowest BCUT2D eigenvalue weighted by atomic mass is 9.71. The molecule has 2 aliphatic rings. The van der Waals surface area contributed by atoms with E-state index in [1.54, 1.807) is 0 Å². The molecule has 1 unspecified atom stereocenters. The monoisotopic (exact) mass is 390 g/mol. The van der Waals surface area contributed by atoms with E-state index in [0.29, 0.717) is 18.7 Å². The summed E-state index contributed by atoms with van der Waals surface area (Å²) in [7, 11) is 0. The molecule has 4 nitrogen and oxygen atoms in total. The number of hydrogen-bond acceptors (Lipinski definition) is 2. The van der Waals surface area contributed by atoms with Crippen LogP contribution >= 0.6 is 0 Å². The summed E-state index contributed by atoms with van der Waals surface area (Å²) in [6, 6.07) is 17.8. The molecule has 29 heavy (non-hydrogen) atoms. The minimum atomic E-state index is -0.433. The highest BCUT2D eigenvalue weighted by Gasteiger charge is 2.55. The molecule has 1 saturated carbocycles. The van der Waals surface area contributed by atoms with Gasteiger partial charge in [0.15, 0.2) is 0 Å². The Morgan fingerprint density at radius 3 is 2.48 bits per heavy atom. The summed E-state index contributed by atoms with van der Waals surface area (Å²) in [6.07, 6.45) is 5.89. The van der Waals surface area contributed by atoms with Crippen molar-refractivity contribution >= 4 is 11.8 Å². The summed E-state index contributed by atoms with van der Waals surface area (Å²) in [5.41, 5.74) is 2.25. The lowest BCUT2D eigenvalue weighted by Gasteiger charge is -2.50. The van der Waals surface area contributed by atoms with Crippen molar-refractivity contribution in [3.05, 3.63) is 71.3 Å². The fraction of sp³-hybridized carbons (Fsp3) is 0.440. The lowest BCUT2D eigenvalue weighted by Crippen LogP contribution is -2.60. The highest BCUT2D eigenvalue weighted by Crippen LogP contribution is 2.50. The number of fused-ring (bicyclic) bond motifs is 1. The minimum absolute atomic E-state index is 0.0592. The van der Waals surface area contributed by atoms with E-state index in [9.17, 15) is 9.59 Å². The molecule has 1 spiro atoms. The third-order valence-electron chi connectivity index (χ3n) is 6.57. The maximum Gasteiger partial charge on any atom is 0.254 e. The molecule has 152 valence electrons. The average Bonchev–Trinajstić information content (AvgIpc) is 3.22. The van der Waals surface area contributed by atoms with Crippen LogP contribution in [-0.4, -0.2) is 28.8 Å². The lowest BCUT2D eigenvalue weighted by molar-refractivity contribution is -0.126. The van der Waals surface area contributed by atoms with Crippen molar-refractivity contribution in [2.45, 2.75) is 63.5 Å². The Bertz CT molecular complexity index is 871. The van der Waals surface area contributed by atoms with Crippen molar-refractivity contribution in [1.29, 1.82) is 0 Å². The van der Waals surface area contributed by atoms with Gasteiger partial charge < -0.3 is 10.2 Å². The number of nitrogens with one attached hydrogen (secondary N) is 1. The van der Waals surface area contributed by atoms with Crippen LogP contribution in [0.3, 0.4) is 0 Å². The maximum absolute atomic E-state index is 13.6. The summed E-state index contributed by atoms with van der Waals surface area (Å²) >= 11 is 0. The van der Waals surface area contributed by atoms with Crippen molar-refractivity contribution in [2.75, 3.05) is 6.54 Å².